The second-order valence-corrected chi connectivity index (χ2v) is 6.94. The van der Waals surface area contributed by atoms with Crippen molar-refractivity contribution in [2.45, 2.75) is 20.8 Å². The third-order valence-electron chi connectivity index (χ3n) is 4.68. The van der Waals surface area contributed by atoms with Crippen LogP contribution in [-0.4, -0.2) is 7.11 Å². The van der Waals surface area contributed by atoms with E-state index in [-0.39, 0.29) is 0 Å². The lowest BCUT2D eigenvalue weighted by Gasteiger charge is -2.09. The van der Waals surface area contributed by atoms with Gasteiger partial charge in [0.25, 0.3) is 0 Å². The van der Waals surface area contributed by atoms with Crippen LogP contribution in [0.3, 0.4) is 0 Å². The van der Waals surface area contributed by atoms with Gasteiger partial charge in [-0.1, -0.05) is 84.0 Å². The molecule has 0 fully saturated rings. The summed E-state index contributed by atoms with van der Waals surface area (Å²) >= 11 is 0. The number of hydrogen-bond donors (Lipinski definition) is 0. The fourth-order valence-corrected chi connectivity index (χ4v) is 2.94. The largest absolute Gasteiger partial charge is 0.496 e. The molecule has 0 amide bonds. The number of ether oxygens (including phenoxy) is 1. The van der Waals surface area contributed by atoms with E-state index >= 15 is 0 Å². The Hall–Kier alpha value is -3.06. The minimum atomic E-state index is 0.882. The molecule has 0 aliphatic carbocycles. The predicted octanol–water partition coefficient (Wildman–Crippen LogP) is 6.96. The molecule has 1 nitrogen and oxygen atoms in total. The third kappa shape index (κ3) is 4.98. The van der Waals surface area contributed by atoms with Crippen LogP contribution in [0, 0.1) is 20.8 Å². The summed E-state index contributed by atoms with van der Waals surface area (Å²) in [5, 5.41) is 0. The van der Waals surface area contributed by atoms with Gasteiger partial charge in [0.1, 0.15) is 5.75 Å². The molecule has 0 radical (unpaired) electrons. The van der Waals surface area contributed by atoms with Crippen molar-refractivity contribution in [2.24, 2.45) is 0 Å². The van der Waals surface area contributed by atoms with Crippen LogP contribution in [0.1, 0.15) is 38.9 Å². The molecule has 3 aromatic rings. The summed E-state index contributed by atoms with van der Waals surface area (Å²) in [6.07, 6.45) is 8.53. The number of rotatable bonds is 5. The van der Waals surface area contributed by atoms with Gasteiger partial charge in [-0.3, -0.25) is 0 Å². The Kier molecular flexibility index (Phi) is 5.93. The molecule has 0 aliphatic rings. The van der Waals surface area contributed by atoms with E-state index in [0.29, 0.717) is 0 Å². The van der Waals surface area contributed by atoms with E-state index in [9.17, 15) is 0 Å². The van der Waals surface area contributed by atoms with Gasteiger partial charge in [0.05, 0.1) is 7.11 Å². The van der Waals surface area contributed by atoms with Gasteiger partial charge in [-0.15, -0.1) is 0 Å². The zero-order valence-corrected chi connectivity index (χ0v) is 16.5. The summed E-state index contributed by atoms with van der Waals surface area (Å²) in [4.78, 5) is 0. The molecule has 0 bridgehead atoms. The summed E-state index contributed by atoms with van der Waals surface area (Å²) in [6, 6.07) is 21.3. The lowest BCUT2D eigenvalue weighted by molar-refractivity contribution is 0.413. The van der Waals surface area contributed by atoms with Crippen LogP contribution in [-0.2, 0) is 0 Å². The SMILES string of the molecule is COc1cc(/C=C/c2ccc(C)cc2)c(C)cc1/C=C/c1ccc(C)cc1. The molecule has 0 aromatic heterocycles. The standard InChI is InChI=1S/C26H26O/c1-19-5-9-22(10-6-19)13-15-24-18-26(27-4)25(17-21(24)3)16-14-23-11-7-20(2)8-12-23/h5-18H,1-4H3/b15-13+,16-14+. The average molecular weight is 354 g/mol. The molecule has 1 heteroatoms. The van der Waals surface area contributed by atoms with Crippen LogP contribution in [0.15, 0.2) is 60.7 Å². The van der Waals surface area contributed by atoms with Crippen LogP contribution >= 0.6 is 0 Å². The molecule has 0 unspecified atom stereocenters. The fourth-order valence-electron chi connectivity index (χ4n) is 2.94. The molecule has 3 rings (SSSR count). The van der Waals surface area contributed by atoms with E-state index < -0.39 is 0 Å². The molecule has 0 N–H and O–H groups in total. The third-order valence-corrected chi connectivity index (χ3v) is 4.68. The first-order chi connectivity index (χ1) is 13.0. The van der Waals surface area contributed by atoms with Crippen molar-refractivity contribution in [2.75, 3.05) is 7.11 Å². The maximum atomic E-state index is 5.63. The molecule has 27 heavy (non-hydrogen) atoms. The topological polar surface area (TPSA) is 9.23 Å². The summed E-state index contributed by atoms with van der Waals surface area (Å²) in [5.74, 6) is 0.882. The lowest BCUT2D eigenvalue weighted by atomic mass is 10.0. The Morgan fingerprint density at radius 3 is 1.56 bits per heavy atom. The second-order valence-electron chi connectivity index (χ2n) is 6.94. The zero-order chi connectivity index (χ0) is 19.2. The van der Waals surface area contributed by atoms with Crippen LogP contribution in [0.2, 0.25) is 0 Å². The summed E-state index contributed by atoms with van der Waals surface area (Å²) in [5.41, 5.74) is 8.40. The first kappa shape index (κ1) is 18.7. The van der Waals surface area contributed by atoms with E-state index in [1.165, 1.54) is 33.4 Å². The molecular formula is C26H26O. The average Bonchev–Trinajstić information content (AvgIpc) is 2.68. The quantitative estimate of drug-likeness (QED) is 0.450. The maximum Gasteiger partial charge on any atom is 0.126 e. The molecule has 3 aromatic carbocycles. The molecule has 0 saturated carbocycles. The van der Waals surface area contributed by atoms with E-state index in [4.69, 9.17) is 4.74 Å². The summed E-state index contributed by atoms with van der Waals surface area (Å²) in [7, 11) is 1.72. The maximum absolute atomic E-state index is 5.63. The van der Waals surface area contributed by atoms with Crippen molar-refractivity contribution in [3.63, 3.8) is 0 Å². The van der Waals surface area contributed by atoms with Crippen molar-refractivity contribution < 1.29 is 4.74 Å². The highest BCUT2D eigenvalue weighted by atomic mass is 16.5. The molecule has 0 atom stereocenters. The van der Waals surface area contributed by atoms with Gasteiger partial charge in [0.2, 0.25) is 0 Å². The number of aryl methyl sites for hydroxylation is 3. The molecule has 0 heterocycles. The normalized spacial score (nSPS) is 11.4. The van der Waals surface area contributed by atoms with Crippen LogP contribution in [0.5, 0.6) is 5.75 Å². The van der Waals surface area contributed by atoms with Crippen molar-refractivity contribution in [3.05, 3.63) is 99.6 Å². The van der Waals surface area contributed by atoms with Gasteiger partial charge in [0.15, 0.2) is 0 Å². The summed E-state index contributed by atoms with van der Waals surface area (Å²) in [6.45, 7) is 6.34. The van der Waals surface area contributed by atoms with Gasteiger partial charge in [-0.25, -0.2) is 0 Å². The highest BCUT2D eigenvalue weighted by molar-refractivity contribution is 5.77. The number of benzene rings is 3. The molecule has 136 valence electrons. The Bertz CT molecular complexity index is 958. The van der Waals surface area contributed by atoms with Gasteiger partial charge >= 0.3 is 0 Å². The van der Waals surface area contributed by atoms with E-state index in [1.54, 1.807) is 7.11 Å². The van der Waals surface area contributed by atoms with Gasteiger partial charge in [-0.2, -0.15) is 0 Å². The molecule has 0 spiro atoms. The van der Waals surface area contributed by atoms with Crippen LogP contribution in [0.4, 0.5) is 0 Å². The van der Waals surface area contributed by atoms with Crippen LogP contribution < -0.4 is 4.74 Å². The molecule has 0 aliphatic heterocycles. The Labute approximate surface area is 162 Å². The first-order valence-electron chi connectivity index (χ1n) is 9.23. The minimum Gasteiger partial charge on any atom is -0.496 e. The minimum absolute atomic E-state index is 0.882. The van der Waals surface area contributed by atoms with E-state index in [0.717, 1.165) is 11.3 Å². The number of methoxy groups -OCH3 is 1. The Morgan fingerprint density at radius 2 is 1.07 bits per heavy atom. The smallest absolute Gasteiger partial charge is 0.126 e. The lowest BCUT2D eigenvalue weighted by Crippen LogP contribution is -1.91. The van der Waals surface area contributed by atoms with Crippen molar-refractivity contribution >= 4 is 24.3 Å². The first-order valence-corrected chi connectivity index (χ1v) is 9.23. The zero-order valence-electron chi connectivity index (χ0n) is 16.5. The Balaban J connectivity index is 1.86. The van der Waals surface area contributed by atoms with Gasteiger partial charge < -0.3 is 4.74 Å². The van der Waals surface area contributed by atoms with Gasteiger partial charge in [0, 0.05) is 5.56 Å². The monoisotopic (exact) mass is 354 g/mol. The fraction of sp³-hybridized carbons (Fsp3) is 0.154. The highest BCUT2D eigenvalue weighted by Gasteiger charge is 2.04. The predicted molar refractivity (Wildman–Crippen MR) is 118 cm³/mol. The van der Waals surface area contributed by atoms with Crippen LogP contribution in [0.25, 0.3) is 24.3 Å². The van der Waals surface area contributed by atoms with Crippen molar-refractivity contribution in [1.29, 1.82) is 0 Å². The van der Waals surface area contributed by atoms with Gasteiger partial charge in [-0.05, 0) is 55.2 Å². The second kappa shape index (κ2) is 8.55. The van der Waals surface area contributed by atoms with E-state index in [2.05, 4.69) is 106 Å². The summed E-state index contributed by atoms with van der Waals surface area (Å²) < 4.78 is 5.63. The van der Waals surface area contributed by atoms with E-state index in [1.807, 2.05) is 0 Å². The van der Waals surface area contributed by atoms with Crippen molar-refractivity contribution in [1.82, 2.24) is 0 Å². The number of hydrogen-bond acceptors (Lipinski definition) is 1. The Morgan fingerprint density at radius 1 is 0.593 bits per heavy atom. The van der Waals surface area contributed by atoms with Crippen molar-refractivity contribution in [3.8, 4) is 5.75 Å². The molecular weight excluding hydrogens is 328 g/mol. The molecule has 0 saturated heterocycles. The highest BCUT2D eigenvalue weighted by Crippen LogP contribution is 2.27.